The number of nitrogens with one attached hydrogen (secondary N) is 3. The van der Waals surface area contributed by atoms with Crippen LogP contribution in [0.5, 0.6) is 11.5 Å². The van der Waals surface area contributed by atoms with Crippen LogP contribution in [-0.4, -0.2) is 75.2 Å². The fourth-order valence-corrected chi connectivity index (χ4v) is 5.37. The number of carbonyl (C=O) groups is 4. The molecule has 4 heterocycles. The summed E-state index contributed by atoms with van der Waals surface area (Å²) in [4.78, 5) is 68.4. The summed E-state index contributed by atoms with van der Waals surface area (Å²) in [6, 6.07) is 16.9. The smallest absolute Gasteiger partial charge is 0.330 e. The van der Waals surface area contributed by atoms with E-state index in [-0.39, 0.29) is 41.9 Å². The average Bonchev–Trinajstić information content (AvgIpc) is 3.52. The van der Waals surface area contributed by atoms with Gasteiger partial charge in [-0.25, -0.2) is 14.7 Å². The molecule has 244 valence electrons. The Kier molecular flexibility index (Phi) is 9.23. The second kappa shape index (κ2) is 14.0. The molecule has 0 radical (unpaired) electrons. The van der Waals surface area contributed by atoms with E-state index >= 15 is 0 Å². The van der Waals surface area contributed by atoms with Crippen LogP contribution < -0.4 is 25.6 Å². The topological polar surface area (TPSA) is 162 Å². The van der Waals surface area contributed by atoms with E-state index in [9.17, 15) is 19.2 Å². The Morgan fingerprint density at radius 2 is 1.79 bits per heavy atom. The van der Waals surface area contributed by atoms with Crippen LogP contribution in [0.1, 0.15) is 28.9 Å². The first-order valence-corrected chi connectivity index (χ1v) is 15.3. The highest BCUT2D eigenvalue weighted by molar-refractivity contribution is 6.03. The molecule has 1 fully saturated rings. The van der Waals surface area contributed by atoms with Gasteiger partial charge in [0.05, 0.1) is 12.2 Å². The highest BCUT2D eigenvalue weighted by Gasteiger charge is 2.34. The number of hydrogen-bond donors (Lipinski definition) is 3. The molecule has 0 bridgehead atoms. The van der Waals surface area contributed by atoms with Crippen LogP contribution in [0.15, 0.2) is 85.7 Å². The predicted molar refractivity (Wildman–Crippen MR) is 178 cm³/mol. The van der Waals surface area contributed by atoms with Gasteiger partial charge in [-0.2, -0.15) is 4.98 Å². The first kappa shape index (κ1) is 31.7. The summed E-state index contributed by atoms with van der Waals surface area (Å²) in [6.45, 7) is 5.22. The van der Waals surface area contributed by atoms with Crippen LogP contribution in [0.4, 0.5) is 33.6 Å². The lowest BCUT2D eigenvalue weighted by atomic mass is 10.1. The number of urea groups is 1. The van der Waals surface area contributed by atoms with Crippen molar-refractivity contribution in [2.24, 2.45) is 0 Å². The zero-order valence-corrected chi connectivity index (χ0v) is 26.2. The van der Waals surface area contributed by atoms with Crippen LogP contribution >= 0.6 is 0 Å². The zero-order chi connectivity index (χ0) is 33.6. The normalized spacial score (nSPS) is 14.0. The molecule has 14 heteroatoms. The minimum atomic E-state index is -0.380. The van der Waals surface area contributed by atoms with E-state index in [4.69, 9.17) is 9.72 Å². The standard InChI is InChI=1S/C34H33N9O5/c1-3-29(44)38-24-6-4-7-25(18-24)43-31-22(21-42(34(43)47)17-16-41-15-5-8-30(41)45)20-37-33(40-31)39-23-9-11-26(12-10-23)48-27-13-14-36-28(19-27)32(46)35-2/h3-4,6-7,9-14,18-20H,1,5,8,15-17,21H2,2H3,(H,35,46)(H,38,44)(H,37,39,40). The van der Waals surface area contributed by atoms with Crippen molar-refractivity contribution in [3.8, 4) is 11.5 Å². The molecule has 2 aliphatic heterocycles. The molecule has 2 aromatic carbocycles. The van der Waals surface area contributed by atoms with Gasteiger partial charge < -0.3 is 30.5 Å². The Morgan fingerprint density at radius 1 is 0.979 bits per heavy atom. The molecule has 0 aliphatic carbocycles. The van der Waals surface area contributed by atoms with Gasteiger partial charge in [-0.05, 0) is 61.0 Å². The Balaban J connectivity index is 1.24. The number of rotatable bonds is 11. The summed E-state index contributed by atoms with van der Waals surface area (Å²) < 4.78 is 5.90. The van der Waals surface area contributed by atoms with Gasteiger partial charge in [0, 0.05) is 68.5 Å². The molecule has 1 saturated heterocycles. The van der Waals surface area contributed by atoms with Gasteiger partial charge in [-0.1, -0.05) is 12.6 Å². The number of ether oxygens (including phenoxy) is 1. The Hall–Kier alpha value is -6.31. The van der Waals surface area contributed by atoms with E-state index in [1.165, 1.54) is 24.2 Å². The number of likely N-dealkylation sites (tertiary alicyclic amines) is 1. The van der Waals surface area contributed by atoms with Crippen LogP contribution in [0.3, 0.4) is 0 Å². The highest BCUT2D eigenvalue weighted by atomic mass is 16.5. The summed E-state index contributed by atoms with van der Waals surface area (Å²) >= 11 is 0. The number of aromatic nitrogens is 3. The van der Waals surface area contributed by atoms with Gasteiger partial charge in [-0.3, -0.25) is 19.4 Å². The molecular weight excluding hydrogens is 614 g/mol. The SMILES string of the molecule is C=CC(=O)Nc1cccc(N2C(=O)N(CCN3CCCC3=O)Cc3cnc(Nc4ccc(Oc5ccnc(C(=O)NC)c5)cc4)nc32)c1. The quantitative estimate of drug-likeness (QED) is 0.198. The van der Waals surface area contributed by atoms with Crippen molar-refractivity contribution in [2.45, 2.75) is 19.4 Å². The summed E-state index contributed by atoms with van der Waals surface area (Å²) in [6.07, 6.45) is 5.68. The number of fused-ring (bicyclic) bond motifs is 1. The third-order valence-electron chi connectivity index (χ3n) is 7.78. The molecule has 0 unspecified atom stereocenters. The molecule has 4 aromatic rings. The predicted octanol–water partition coefficient (Wildman–Crippen LogP) is 4.59. The average molecular weight is 648 g/mol. The monoisotopic (exact) mass is 647 g/mol. The molecule has 6 rings (SSSR count). The lowest BCUT2D eigenvalue weighted by Gasteiger charge is -2.37. The molecule has 48 heavy (non-hydrogen) atoms. The highest BCUT2D eigenvalue weighted by Crippen LogP contribution is 2.35. The Morgan fingerprint density at radius 3 is 2.54 bits per heavy atom. The van der Waals surface area contributed by atoms with Gasteiger partial charge in [0.15, 0.2) is 5.82 Å². The minimum absolute atomic E-state index is 0.0912. The molecule has 14 nitrogen and oxygen atoms in total. The van der Waals surface area contributed by atoms with Crippen molar-refractivity contribution >= 4 is 52.6 Å². The maximum Gasteiger partial charge on any atom is 0.330 e. The number of benzene rings is 2. The maximum atomic E-state index is 14.0. The summed E-state index contributed by atoms with van der Waals surface area (Å²) in [5, 5.41) is 8.45. The fourth-order valence-electron chi connectivity index (χ4n) is 5.37. The van der Waals surface area contributed by atoms with Crippen molar-refractivity contribution in [1.82, 2.24) is 30.1 Å². The third-order valence-corrected chi connectivity index (χ3v) is 7.78. The minimum Gasteiger partial charge on any atom is -0.457 e. The number of amides is 5. The number of hydrogen-bond acceptors (Lipinski definition) is 9. The number of carbonyl (C=O) groups excluding carboxylic acids is 4. The van der Waals surface area contributed by atoms with Crippen LogP contribution in [0.2, 0.25) is 0 Å². The molecule has 0 saturated carbocycles. The molecule has 2 aliphatic rings. The lowest BCUT2D eigenvalue weighted by molar-refractivity contribution is -0.127. The molecule has 2 aromatic heterocycles. The van der Waals surface area contributed by atoms with Gasteiger partial charge >= 0.3 is 6.03 Å². The molecular formula is C34H33N9O5. The van der Waals surface area contributed by atoms with E-state index in [0.717, 1.165) is 6.42 Å². The van der Waals surface area contributed by atoms with Crippen molar-refractivity contribution < 1.29 is 23.9 Å². The Labute approximate surface area is 276 Å². The first-order valence-electron chi connectivity index (χ1n) is 15.3. The van der Waals surface area contributed by atoms with E-state index in [1.54, 1.807) is 76.7 Å². The van der Waals surface area contributed by atoms with Crippen molar-refractivity contribution in [1.29, 1.82) is 0 Å². The van der Waals surface area contributed by atoms with Crippen LogP contribution in [0, 0.1) is 0 Å². The molecule has 3 N–H and O–H groups in total. The number of pyridine rings is 1. The van der Waals surface area contributed by atoms with E-state index < -0.39 is 0 Å². The summed E-state index contributed by atoms with van der Waals surface area (Å²) in [5.74, 6) is 1.05. The first-order chi connectivity index (χ1) is 23.3. The van der Waals surface area contributed by atoms with Gasteiger partial charge in [0.2, 0.25) is 17.8 Å². The molecule has 0 atom stereocenters. The van der Waals surface area contributed by atoms with Gasteiger partial charge in [0.1, 0.15) is 17.2 Å². The summed E-state index contributed by atoms with van der Waals surface area (Å²) in [7, 11) is 1.53. The number of nitrogens with zero attached hydrogens (tertiary/aromatic N) is 6. The second-order valence-corrected chi connectivity index (χ2v) is 11.0. The second-order valence-electron chi connectivity index (χ2n) is 11.0. The van der Waals surface area contributed by atoms with Crippen molar-refractivity contribution in [3.05, 3.63) is 97.0 Å². The third kappa shape index (κ3) is 7.07. The fraction of sp³-hybridized carbons (Fsp3) is 0.206. The van der Waals surface area contributed by atoms with Crippen LogP contribution in [0.25, 0.3) is 0 Å². The van der Waals surface area contributed by atoms with E-state index in [2.05, 4.69) is 32.5 Å². The zero-order valence-electron chi connectivity index (χ0n) is 26.2. The van der Waals surface area contributed by atoms with E-state index in [0.29, 0.717) is 66.0 Å². The van der Waals surface area contributed by atoms with Crippen molar-refractivity contribution in [3.63, 3.8) is 0 Å². The maximum absolute atomic E-state index is 14.0. The van der Waals surface area contributed by atoms with Gasteiger partial charge in [-0.15, -0.1) is 0 Å². The molecule has 0 spiro atoms. The molecule has 5 amide bonds. The number of anilines is 5. The van der Waals surface area contributed by atoms with Crippen LogP contribution in [-0.2, 0) is 16.1 Å². The van der Waals surface area contributed by atoms with Gasteiger partial charge in [0.25, 0.3) is 5.91 Å². The largest absolute Gasteiger partial charge is 0.457 e. The van der Waals surface area contributed by atoms with E-state index in [1.807, 2.05) is 0 Å². The van der Waals surface area contributed by atoms with Crippen molar-refractivity contribution in [2.75, 3.05) is 42.2 Å². The lowest BCUT2D eigenvalue weighted by Crippen LogP contribution is -2.48. The Bertz CT molecular complexity index is 1880. The summed E-state index contributed by atoms with van der Waals surface area (Å²) in [5.41, 5.74) is 2.60.